The van der Waals surface area contributed by atoms with Crippen LogP contribution in [0.4, 0.5) is 5.69 Å². The molecule has 0 amide bonds. The zero-order valence-corrected chi connectivity index (χ0v) is 10.7. The van der Waals surface area contributed by atoms with Crippen LogP contribution in [0.15, 0.2) is 41.2 Å². The summed E-state index contributed by atoms with van der Waals surface area (Å²) >= 11 is 0. The summed E-state index contributed by atoms with van der Waals surface area (Å²) in [5, 5.41) is 6.70. The zero-order valence-electron chi connectivity index (χ0n) is 10.7. The molecule has 0 bridgehead atoms. The van der Waals surface area contributed by atoms with Crippen molar-refractivity contribution in [3.05, 3.63) is 46.8 Å². The highest BCUT2D eigenvalue weighted by Crippen LogP contribution is 2.26. The van der Waals surface area contributed by atoms with Crippen molar-refractivity contribution in [3.63, 3.8) is 0 Å². The molecule has 94 valence electrons. The Kier molecular flexibility index (Phi) is 3.77. The largest absolute Gasteiger partial charge is 0.370 e. The van der Waals surface area contributed by atoms with E-state index in [0.717, 1.165) is 30.0 Å². The highest BCUT2D eigenvalue weighted by atomic mass is 16.1. The van der Waals surface area contributed by atoms with Gasteiger partial charge in [0.2, 0.25) is 0 Å². The lowest BCUT2D eigenvalue weighted by molar-refractivity contribution is 0.852. The first-order valence-corrected chi connectivity index (χ1v) is 6.16. The number of aromatic amines is 1. The molecular weight excluding hydrogens is 226 g/mol. The zero-order chi connectivity index (χ0) is 13.0. The van der Waals surface area contributed by atoms with Crippen LogP contribution in [0.5, 0.6) is 0 Å². The third-order valence-electron chi connectivity index (χ3n) is 2.94. The predicted octanol–water partition coefficient (Wildman–Crippen LogP) is 2.28. The number of benzene rings is 1. The highest BCUT2D eigenvalue weighted by molar-refractivity contribution is 5.74. The summed E-state index contributed by atoms with van der Waals surface area (Å²) in [5.74, 6) is 0. The van der Waals surface area contributed by atoms with E-state index < -0.39 is 0 Å². The van der Waals surface area contributed by atoms with E-state index in [4.69, 9.17) is 0 Å². The van der Waals surface area contributed by atoms with Gasteiger partial charge in [-0.1, -0.05) is 30.3 Å². The van der Waals surface area contributed by atoms with Crippen molar-refractivity contribution in [1.29, 1.82) is 0 Å². The minimum Gasteiger partial charge on any atom is -0.370 e. The number of aromatic nitrogens is 2. The highest BCUT2D eigenvalue weighted by Gasteiger charge is 2.12. The van der Waals surface area contributed by atoms with Gasteiger partial charge in [-0.15, -0.1) is 0 Å². The Morgan fingerprint density at radius 2 is 1.83 bits per heavy atom. The molecule has 2 rings (SSSR count). The van der Waals surface area contributed by atoms with Gasteiger partial charge in [-0.3, -0.25) is 4.79 Å². The molecule has 4 heteroatoms. The van der Waals surface area contributed by atoms with E-state index in [2.05, 4.69) is 28.9 Å². The molecule has 2 aromatic rings. The van der Waals surface area contributed by atoms with Gasteiger partial charge in [0.25, 0.3) is 5.56 Å². The summed E-state index contributed by atoms with van der Waals surface area (Å²) in [4.78, 5) is 13.6. The fourth-order valence-corrected chi connectivity index (χ4v) is 2.01. The van der Waals surface area contributed by atoms with Gasteiger partial charge in [-0.05, 0) is 13.8 Å². The summed E-state index contributed by atoms with van der Waals surface area (Å²) in [6.45, 7) is 5.84. The van der Waals surface area contributed by atoms with E-state index in [9.17, 15) is 4.79 Å². The Bertz CT molecular complexity index is 559. The SMILES string of the molecule is CCN(CC)c1cc(=O)[nH]nc1-c1ccccc1. The van der Waals surface area contributed by atoms with E-state index in [0.29, 0.717) is 0 Å². The maximum Gasteiger partial charge on any atom is 0.266 e. The van der Waals surface area contributed by atoms with E-state index in [1.807, 2.05) is 30.3 Å². The summed E-state index contributed by atoms with van der Waals surface area (Å²) < 4.78 is 0. The van der Waals surface area contributed by atoms with Crippen LogP contribution < -0.4 is 10.5 Å². The maximum absolute atomic E-state index is 11.5. The molecule has 0 aliphatic carbocycles. The van der Waals surface area contributed by atoms with Gasteiger partial charge in [0.15, 0.2) is 0 Å². The molecule has 1 aromatic carbocycles. The van der Waals surface area contributed by atoms with Crippen LogP contribution in [0.25, 0.3) is 11.3 Å². The molecule has 0 saturated heterocycles. The summed E-state index contributed by atoms with van der Waals surface area (Å²) in [6.07, 6.45) is 0. The number of nitrogens with one attached hydrogen (secondary N) is 1. The number of anilines is 1. The van der Waals surface area contributed by atoms with Crippen molar-refractivity contribution in [1.82, 2.24) is 10.2 Å². The predicted molar refractivity (Wildman–Crippen MR) is 73.9 cm³/mol. The lowest BCUT2D eigenvalue weighted by Crippen LogP contribution is -2.25. The summed E-state index contributed by atoms with van der Waals surface area (Å²) in [6, 6.07) is 11.5. The molecule has 18 heavy (non-hydrogen) atoms. The van der Waals surface area contributed by atoms with Crippen LogP contribution in [0.2, 0.25) is 0 Å². The number of H-pyrrole nitrogens is 1. The molecule has 1 N–H and O–H groups in total. The van der Waals surface area contributed by atoms with Crippen LogP contribution >= 0.6 is 0 Å². The van der Waals surface area contributed by atoms with Crippen LogP contribution in [0.3, 0.4) is 0 Å². The molecule has 0 spiro atoms. The summed E-state index contributed by atoms with van der Waals surface area (Å²) in [5.41, 5.74) is 2.54. The van der Waals surface area contributed by atoms with Gasteiger partial charge in [0.05, 0.1) is 5.69 Å². The number of hydrogen-bond acceptors (Lipinski definition) is 3. The fourth-order valence-electron chi connectivity index (χ4n) is 2.01. The van der Waals surface area contributed by atoms with Gasteiger partial charge in [0.1, 0.15) is 5.69 Å². The number of rotatable bonds is 4. The third-order valence-corrected chi connectivity index (χ3v) is 2.94. The quantitative estimate of drug-likeness (QED) is 0.896. The van der Waals surface area contributed by atoms with Gasteiger partial charge in [0, 0.05) is 24.7 Å². The molecule has 0 unspecified atom stereocenters. The lowest BCUT2D eigenvalue weighted by Gasteiger charge is -2.22. The lowest BCUT2D eigenvalue weighted by atomic mass is 10.1. The Balaban J connectivity index is 2.57. The van der Waals surface area contributed by atoms with Crippen molar-refractivity contribution in [2.75, 3.05) is 18.0 Å². The second-order valence-electron chi connectivity index (χ2n) is 4.00. The molecule has 1 aromatic heterocycles. The Hall–Kier alpha value is -2.10. The van der Waals surface area contributed by atoms with Crippen LogP contribution in [0.1, 0.15) is 13.8 Å². The van der Waals surface area contributed by atoms with Gasteiger partial charge < -0.3 is 4.90 Å². The smallest absolute Gasteiger partial charge is 0.266 e. The van der Waals surface area contributed by atoms with Crippen molar-refractivity contribution >= 4 is 5.69 Å². The van der Waals surface area contributed by atoms with Gasteiger partial charge in [-0.25, -0.2) is 5.10 Å². The monoisotopic (exact) mass is 243 g/mol. The van der Waals surface area contributed by atoms with Crippen LogP contribution in [0, 0.1) is 0 Å². The average molecular weight is 243 g/mol. The van der Waals surface area contributed by atoms with Crippen molar-refractivity contribution < 1.29 is 0 Å². The molecule has 0 radical (unpaired) electrons. The van der Waals surface area contributed by atoms with Crippen molar-refractivity contribution in [2.24, 2.45) is 0 Å². The molecule has 4 nitrogen and oxygen atoms in total. The molecule has 0 aliphatic rings. The first kappa shape index (κ1) is 12.4. The first-order valence-electron chi connectivity index (χ1n) is 6.16. The van der Waals surface area contributed by atoms with Gasteiger partial charge in [-0.2, -0.15) is 5.10 Å². The second-order valence-corrected chi connectivity index (χ2v) is 4.00. The minimum absolute atomic E-state index is 0.170. The molecule has 1 heterocycles. The first-order chi connectivity index (χ1) is 8.76. The molecule has 0 atom stereocenters. The number of hydrogen-bond donors (Lipinski definition) is 1. The Labute approximate surface area is 106 Å². The van der Waals surface area contributed by atoms with Crippen molar-refractivity contribution in [2.45, 2.75) is 13.8 Å². The van der Waals surface area contributed by atoms with Crippen LogP contribution in [-0.4, -0.2) is 23.3 Å². The average Bonchev–Trinajstić information content (AvgIpc) is 2.41. The van der Waals surface area contributed by atoms with E-state index in [1.54, 1.807) is 6.07 Å². The Morgan fingerprint density at radius 3 is 2.44 bits per heavy atom. The maximum atomic E-state index is 11.5. The van der Waals surface area contributed by atoms with E-state index in [1.165, 1.54) is 0 Å². The molecule has 0 saturated carbocycles. The second kappa shape index (κ2) is 5.49. The van der Waals surface area contributed by atoms with Crippen molar-refractivity contribution in [3.8, 4) is 11.3 Å². The van der Waals surface area contributed by atoms with E-state index >= 15 is 0 Å². The standard InChI is InChI=1S/C14H17N3O/c1-3-17(4-2)12-10-13(18)15-16-14(12)11-8-6-5-7-9-11/h5-10H,3-4H2,1-2H3,(H,15,18). The number of nitrogens with zero attached hydrogens (tertiary/aromatic N) is 2. The molecule has 0 aliphatic heterocycles. The summed E-state index contributed by atoms with van der Waals surface area (Å²) in [7, 11) is 0. The van der Waals surface area contributed by atoms with E-state index in [-0.39, 0.29) is 5.56 Å². The molecular formula is C14H17N3O. The fraction of sp³-hybridized carbons (Fsp3) is 0.286. The topological polar surface area (TPSA) is 49.0 Å². The van der Waals surface area contributed by atoms with Crippen LogP contribution in [-0.2, 0) is 0 Å². The normalized spacial score (nSPS) is 10.3. The third kappa shape index (κ3) is 2.42. The minimum atomic E-state index is -0.170. The van der Waals surface area contributed by atoms with Gasteiger partial charge >= 0.3 is 0 Å². The molecule has 0 fully saturated rings. The Morgan fingerprint density at radius 1 is 1.17 bits per heavy atom.